The number of hydrogen-bond acceptors (Lipinski definition) is 6. The maximum Gasteiger partial charge on any atom is 0.243 e. The van der Waals surface area contributed by atoms with Gasteiger partial charge in [-0.3, -0.25) is 14.6 Å². The molecule has 1 N–H and O–H groups in total. The number of anilines is 1. The highest BCUT2D eigenvalue weighted by molar-refractivity contribution is 7.89. The quantitative estimate of drug-likeness (QED) is 0.602. The van der Waals surface area contributed by atoms with Gasteiger partial charge in [-0.1, -0.05) is 48.6 Å². The van der Waals surface area contributed by atoms with Gasteiger partial charge in [0.05, 0.1) is 24.7 Å². The number of morpholine rings is 1. The first-order chi connectivity index (χ1) is 16.9. The Morgan fingerprint density at radius 2 is 1.66 bits per heavy atom. The van der Waals surface area contributed by atoms with Crippen molar-refractivity contribution in [2.75, 3.05) is 70.9 Å². The minimum absolute atomic E-state index is 0.133. The predicted octanol–water partition coefficient (Wildman–Crippen LogP) is 2.29. The molecule has 2 aliphatic heterocycles. The highest BCUT2D eigenvalue weighted by atomic mass is 32.2. The van der Waals surface area contributed by atoms with Crippen molar-refractivity contribution in [1.29, 1.82) is 0 Å². The second kappa shape index (κ2) is 11.9. The normalized spacial score (nSPS) is 18.7. The van der Waals surface area contributed by atoms with Crippen molar-refractivity contribution in [2.45, 2.75) is 11.8 Å². The first-order valence-corrected chi connectivity index (χ1v) is 13.5. The summed E-state index contributed by atoms with van der Waals surface area (Å²) < 4.78 is 32.7. The summed E-state index contributed by atoms with van der Waals surface area (Å²) in [5.74, 6) is -0.133. The summed E-state index contributed by atoms with van der Waals surface area (Å²) in [6, 6.07) is 15.2. The van der Waals surface area contributed by atoms with Crippen LogP contribution in [0.4, 0.5) is 5.69 Å². The fourth-order valence-electron chi connectivity index (χ4n) is 4.26. The van der Waals surface area contributed by atoms with E-state index in [4.69, 9.17) is 4.74 Å². The molecule has 188 valence electrons. The zero-order chi connectivity index (χ0) is 24.7. The Kier molecular flexibility index (Phi) is 8.69. The topological polar surface area (TPSA) is 82.2 Å². The van der Waals surface area contributed by atoms with Crippen molar-refractivity contribution < 1.29 is 17.9 Å². The Balaban J connectivity index is 1.27. The molecule has 1 amide bonds. The van der Waals surface area contributed by atoms with Gasteiger partial charge in [0.25, 0.3) is 0 Å². The lowest BCUT2D eigenvalue weighted by Crippen LogP contribution is -2.48. The van der Waals surface area contributed by atoms with Gasteiger partial charge >= 0.3 is 0 Å². The number of hydrogen-bond donors (Lipinski definition) is 1. The highest BCUT2D eigenvalue weighted by Gasteiger charge is 2.27. The number of nitrogens with zero attached hydrogens (tertiary/aromatic N) is 3. The molecule has 8 nitrogen and oxygen atoms in total. The summed E-state index contributed by atoms with van der Waals surface area (Å²) in [6.45, 7) is 7.94. The third-order valence-electron chi connectivity index (χ3n) is 6.40. The van der Waals surface area contributed by atoms with Crippen LogP contribution in [-0.2, 0) is 19.6 Å². The lowest BCUT2D eigenvalue weighted by Gasteiger charge is -2.33. The van der Waals surface area contributed by atoms with E-state index in [1.54, 1.807) is 18.2 Å². The third-order valence-corrected chi connectivity index (χ3v) is 8.29. The molecule has 2 fully saturated rings. The van der Waals surface area contributed by atoms with E-state index < -0.39 is 10.0 Å². The molecule has 9 heteroatoms. The fourth-order valence-corrected chi connectivity index (χ4v) is 5.69. The minimum atomic E-state index is -3.62. The fraction of sp³-hybridized carbons (Fsp3) is 0.423. The van der Waals surface area contributed by atoms with E-state index >= 15 is 0 Å². The molecule has 2 aromatic rings. The average molecular weight is 499 g/mol. The van der Waals surface area contributed by atoms with Gasteiger partial charge in [0, 0.05) is 51.5 Å². The van der Waals surface area contributed by atoms with Gasteiger partial charge in [0.1, 0.15) is 0 Å². The Labute approximate surface area is 208 Å². The molecule has 0 saturated carbocycles. The van der Waals surface area contributed by atoms with Crippen molar-refractivity contribution >= 4 is 27.7 Å². The van der Waals surface area contributed by atoms with Crippen LogP contribution in [0, 0.1) is 6.92 Å². The number of rotatable bonds is 8. The largest absolute Gasteiger partial charge is 0.379 e. The summed E-state index contributed by atoms with van der Waals surface area (Å²) in [7, 11) is -3.62. The van der Waals surface area contributed by atoms with Gasteiger partial charge in [-0.05, 0) is 30.2 Å². The Morgan fingerprint density at radius 3 is 2.37 bits per heavy atom. The monoisotopic (exact) mass is 498 g/mol. The third kappa shape index (κ3) is 6.99. The molecule has 0 atom stereocenters. The second-order valence-corrected chi connectivity index (χ2v) is 10.9. The van der Waals surface area contributed by atoms with Crippen LogP contribution < -0.4 is 5.32 Å². The van der Waals surface area contributed by atoms with Gasteiger partial charge in [-0.25, -0.2) is 8.42 Å². The summed E-state index contributed by atoms with van der Waals surface area (Å²) >= 11 is 0. The van der Waals surface area contributed by atoms with Crippen molar-refractivity contribution in [3.05, 3.63) is 65.7 Å². The van der Waals surface area contributed by atoms with E-state index in [0.29, 0.717) is 32.0 Å². The van der Waals surface area contributed by atoms with E-state index in [1.165, 1.54) is 9.87 Å². The zero-order valence-electron chi connectivity index (χ0n) is 20.2. The van der Waals surface area contributed by atoms with E-state index in [-0.39, 0.29) is 17.3 Å². The molecule has 0 bridgehead atoms. The number of carbonyl (C=O) groups excluding carboxylic acids is 1. The predicted molar refractivity (Wildman–Crippen MR) is 138 cm³/mol. The number of nitrogens with one attached hydrogen (secondary N) is 1. The molecule has 35 heavy (non-hydrogen) atoms. The van der Waals surface area contributed by atoms with Crippen molar-refractivity contribution in [3.8, 4) is 0 Å². The average Bonchev–Trinajstić information content (AvgIpc) is 2.87. The number of aryl methyl sites for hydroxylation is 1. The summed E-state index contributed by atoms with van der Waals surface area (Å²) in [5, 5.41) is 2.92. The van der Waals surface area contributed by atoms with Gasteiger partial charge in [-0.2, -0.15) is 4.31 Å². The van der Waals surface area contributed by atoms with E-state index in [9.17, 15) is 13.2 Å². The van der Waals surface area contributed by atoms with Crippen molar-refractivity contribution in [2.24, 2.45) is 0 Å². The van der Waals surface area contributed by atoms with Crippen LogP contribution in [0.15, 0.2) is 59.5 Å². The van der Waals surface area contributed by atoms with Crippen LogP contribution in [0.2, 0.25) is 0 Å². The maximum absolute atomic E-state index is 13.0. The maximum atomic E-state index is 13.0. The zero-order valence-corrected chi connectivity index (χ0v) is 21.0. The molecule has 2 aliphatic rings. The number of sulfonamides is 1. The van der Waals surface area contributed by atoms with Crippen LogP contribution in [0.3, 0.4) is 0 Å². The molecule has 2 saturated heterocycles. The van der Waals surface area contributed by atoms with Gasteiger partial charge in [-0.15, -0.1) is 0 Å². The second-order valence-electron chi connectivity index (χ2n) is 8.93. The van der Waals surface area contributed by atoms with Gasteiger partial charge < -0.3 is 10.1 Å². The lowest BCUT2D eigenvalue weighted by atomic mass is 10.2. The first-order valence-electron chi connectivity index (χ1n) is 12.1. The minimum Gasteiger partial charge on any atom is -0.379 e. The molecule has 0 spiro atoms. The first kappa shape index (κ1) is 25.5. The molecule has 0 unspecified atom stereocenters. The number of ether oxygens (including phenoxy) is 1. The van der Waals surface area contributed by atoms with E-state index in [2.05, 4.69) is 39.4 Å². The molecule has 4 rings (SSSR count). The van der Waals surface area contributed by atoms with Crippen LogP contribution in [0.1, 0.15) is 11.1 Å². The molecule has 0 aliphatic carbocycles. The summed E-state index contributed by atoms with van der Waals surface area (Å²) in [4.78, 5) is 17.5. The molecule has 0 radical (unpaired) electrons. The van der Waals surface area contributed by atoms with Crippen LogP contribution in [-0.4, -0.2) is 94.0 Å². The Hall–Kier alpha value is -2.56. The highest BCUT2D eigenvalue weighted by Crippen LogP contribution is 2.23. The van der Waals surface area contributed by atoms with E-state index in [0.717, 1.165) is 38.3 Å². The SMILES string of the molecule is Cc1ccc(S(=O)(=O)N2CCOCC2)cc1NC(=O)CN1CCN(CC=Cc2ccccc2)CC1. The molecule has 0 aromatic heterocycles. The number of amides is 1. The smallest absolute Gasteiger partial charge is 0.243 e. The number of piperazine rings is 1. The Morgan fingerprint density at radius 1 is 0.971 bits per heavy atom. The van der Waals surface area contributed by atoms with Crippen LogP contribution in [0.25, 0.3) is 6.08 Å². The lowest BCUT2D eigenvalue weighted by molar-refractivity contribution is -0.117. The summed E-state index contributed by atoms with van der Waals surface area (Å²) in [6.07, 6.45) is 4.31. The van der Waals surface area contributed by atoms with Crippen LogP contribution in [0.5, 0.6) is 0 Å². The molecular formula is C26H34N4O4S. The molecule has 2 aromatic carbocycles. The van der Waals surface area contributed by atoms with E-state index in [1.807, 2.05) is 25.1 Å². The van der Waals surface area contributed by atoms with Crippen LogP contribution >= 0.6 is 0 Å². The molecule has 2 heterocycles. The number of benzene rings is 2. The summed E-state index contributed by atoms with van der Waals surface area (Å²) in [5.41, 5.74) is 2.56. The number of carbonyl (C=O) groups is 1. The van der Waals surface area contributed by atoms with Crippen molar-refractivity contribution in [1.82, 2.24) is 14.1 Å². The van der Waals surface area contributed by atoms with Crippen molar-refractivity contribution in [3.63, 3.8) is 0 Å². The standard InChI is InChI=1S/C26H34N4O4S/c1-22-9-10-24(35(32,33)30-16-18-34-19-17-30)20-25(22)27-26(31)21-29-14-12-28(13-15-29)11-5-8-23-6-3-2-4-7-23/h2-10,20H,11-19,21H2,1H3,(H,27,31). The molecular weight excluding hydrogens is 464 g/mol. The Bertz CT molecular complexity index is 1120. The van der Waals surface area contributed by atoms with Gasteiger partial charge in [0.2, 0.25) is 15.9 Å². The van der Waals surface area contributed by atoms with Gasteiger partial charge in [0.15, 0.2) is 0 Å².